The molecule has 0 aliphatic rings. The number of hydrogen-bond donors (Lipinski definition) is 2. The average Bonchev–Trinajstić information content (AvgIpc) is 2.58. The van der Waals surface area contributed by atoms with Crippen molar-refractivity contribution in [2.75, 3.05) is 10.6 Å². The molecule has 134 valence electrons. The maximum Gasteiger partial charge on any atom is 0.417 e. The van der Waals surface area contributed by atoms with Crippen LogP contribution in [0.25, 0.3) is 0 Å². The van der Waals surface area contributed by atoms with Gasteiger partial charge in [-0.15, -0.1) is 0 Å². The molecule has 0 aliphatic heterocycles. The lowest BCUT2D eigenvalue weighted by molar-refractivity contribution is -0.137. The maximum atomic E-state index is 12.8. The molecule has 0 atom stereocenters. The number of amides is 1. The SMILES string of the molecule is N#C/C(=C/Nc1ccc(Cl)c(C(F)(F)F)c1)C(=O)Nc1ccc(Br)cc1. The second-order valence-corrected chi connectivity index (χ2v) is 6.29. The zero-order valence-electron chi connectivity index (χ0n) is 12.9. The number of halogens is 5. The molecule has 2 rings (SSSR count). The Balaban J connectivity index is 2.15. The molecule has 0 spiro atoms. The van der Waals surface area contributed by atoms with E-state index in [0.717, 1.165) is 22.8 Å². The van der Waals surface area contributed by atoms with Gasteiger partial charge in [-0.25, -0.2) is 0 Å². The molecule has 2 aromatic carbocycles. The highest BCUT2D eigenvalue weighted by Gasteiger charge is 2.33. The summed E-state index contributed by atoms with van der Waals surface area (Å²) in [6.45, 7) is 0. The summed E-state index contributed by atoms with van der Waals surface area (Å²) >= 11 is 8.79. The fourth-order valence-electron chi connectivity index (χ4n) is 1.87. The van der Waals surface area contributed by atoms with Crippen LogP contribution in [-0.4, -0.2) is 5.91 Å². The number of nitrogens with one attached hydrogen (secondary N) is 2. The highest BCUT2D eigenvalue weighted by molar-refractivity contribution is 9.10. The van der Waals surface area contributed by atoms with E-state index < -0.39 is 22.7 Å². The molecule has 0 bridgehead atoms. The van der Waals surface area contributed by atoms with Crippen LogP contribution in [-0.2, 0) is 11.0 Å². The van der Waals surface area contributed by atoms with Crippen molar-refractivity contribution in [1.82, 2.24) is 0 Å². The largest absolute Gasteiger partial charge is 0.417 e. The van der Waals surface area contributed by atoms with Crippen LogP contribution in [0.4, 0.5) is 24.5 Å². The Labute approximate surface area is 160 Å². The summed E-state index contributed by atoms with van der Waals surface area (Å²) in [4.78, 5) is 12.1. The number of hydrogen-bond acceptors (Lipinski definition) is 3. The van der Waals surface area contributed by atoms with E-state index >= 15 is 0 Å². The topological polar surface area (TPSA) is 64.9 Å². The number of alkyl halides is 3. The molecule has 0 aromatic heterocycles. The summed E-state index contributed by atoms with van der Waals surface area (Å²) < 4.78 is 39.4. The van der Waals surface area contributed by atoms with Crippen LogP contribution in [0.2, 0.25) is 5.02 Å². The molecular formula is C17H10BrClF3N3O. The third-order valence-electron chi connectivity index (χ3n) is 3.12. The van der Waals surface area contributed by atoms with Crippen LogP contribution < -0.4 is 10.6 Å². The number of carbonyl (C=O) groups is 1. The third-order valence-corrected chi connectivity index (χ3v) is 3.98. The fraction of sp³-hybridized carbons (Fsp3) is 0.0588. The van der Waals surface area contributed by atoms with Gasteiger partial charge in [-0.3, -0.25) is 4.79 Å². The second kappa shape index (κ2) is 8.25. The van der Waals surface area contributed by atoms with Gasteiger partial charge in [0.2, 0.25) is 0 Å². The maximum absolute atomic E-state index is 12.8. The van der Waals surface area contributed by atoms with Crippen molar-refractivity contribution in [2.45, 2.75) is 6.18 Å². The van der Waals surface area contributed by atoms with Crippen LogP contribution in [0.3, 0.4) is 0 Å². The first-order valence-corrected chi connectivity index (χ1v) is 8.18. The van der Waals surface area contributed by atoms with Crippen LogP contribution >= 0.6 is 27.5 Å². The predicted molar refractivity (Wildman–Crippen MR) is 96.5 cm³/mol. The molecule has 0 saturated carbocycles. The van der Waals surface area contributed by atoms with Crippen molar-refractivity contribution in [3.63, 3.8) is 0 Å². The molecule has 2 N–H and O–H groups in total. The molecule has 1 amide bonds. The van der Waals surface area contributed by atoms with Crippen molar-refractivity contribution in [2.24, 2.45) is 0 Å². The molecule has 0 fully saturated rings. The van der Waals surface area contributed by atoms with E-state index in [1.165, 1.54) is 6.07 Å². The van der Waals surface area contributed by atoms with Gasteiger partial charge in [0.1, 0.15) is 11.6 Å². The molecule has 0 saturated heterocycles. The number of carbonyl (C=O) groups excluding carboxylic acids is 1. The highest BCUT2D eigenvalue weighted by Crippen LogP contribution is 2.36. The lowest BCUT2D eigenvalue weighted by Gasteiger charge is -2.11. The van der Waals surface area contributed by atoms with Crippen LogP contribution in [0, 0.1) is 11.3 Å². The van der Waals surface area contributed by atoms with Crippen molar-refractivity contribution < 1.29 is 18.0 Å². The molecule has 0 aliphatic carbocycles. The predicted octanol–water partition coefficient (Wildman–Crippen LogP) is 5.58. The smallest absolute Gasteiger partial charge is 0.360 e. The van der Waals surface area contributed by atoms with E-state index in [9.17, 15) is 18.0 Å². The Bertz CT molecular complexity index is 890. The van der Waals surface area contributed by atoms with Crippen molar-refractivity contribution in [3.8, 4) is 6.07 Å². The van der Waals surface area contributed by atoms with Crippen molar-refractivity contribution in [3.05, 3.63) is 69.3 Å². The van der Waals surface area contributed by atoms with Crippen LogP contribution in [0.5, 0.6) is 0 Å². The lowest BCUT2D eigenvalue weighted by atomic mass is 10.2. The summed E-state index contributed by atoms with van der Waals surface area (Å²) in [6, 6.07) is 11.5. The zero-order valence-corrected chi connectivity index (χ0v) is 15.2. The number of benzene rings is 2. The minimum atomic E-state index is -4.62. The van der Waals surface area contributed by atoms with Gasteiger partial charge in [-0.1, -0.05) is 27.5 Å². The standard InChI is InChI=1S/C17H10BrClF3N3O/c18-11-1-3-12(4-2-11)25-16(26)10(8-23)9-24-13-5-6-15(19)14(7-13)17(20,21)22/h1-7,9,24H,(H,25,26)/b10-9-. The van der Waals surface area contributed by atoms with Gasteiger partial charge in [-0.05, 0) is 42.5 Å². The van der Waals surface area contributed by atoms with Gasteiger partial charge in [0.05, 0.1) is 10.6 Å². The summed E-state index contributed by atoms with van der Waals surface area (Å²) in [5, 5.41) is 13.7. The first-order valence-electron chi connectivity index (χ1n) is 7.01. The Hall–Kier alpha value is -2.50. The molecule has 0 unspecified atom stereocenters. The van der Waals surface area contributed by atoms with E-state index in [0.29, 0.717) is 5.69 Å². The molecule has 0 radical (unpaired) electrons. The van der Waals surface area contributed by atoms with Gasteiger partial charge in [-0.2, -0.15) is 18.4 Å². The van der Waals surface area contributed by atoms with E-state index in [1.807, 2.05) is 0 Å². The van der Waals surface area contributed by atoms with Crippen molar-refractivity contribution in [1.29, 1.82) is 5.26 Å². The van der Waals surface area contributed by atoms with Gasteiger partial charge in [0, 0.05) is 22.0 Å². The highest BCUT2D eigenvalue weighted by atomic mass is 79.9. The molecule has 2 aromatic rings. The quantitative estimate of drug-likeness (QED) is 0.478. The molecule has 4 nitrogen and oxygen atoms in total. The third kappa shape index (κ3) is 5.25. The Morgan fingerprint density at radius 1 is 1.15 bits per heavy atom. The number of nitrogens with zero attached hydrogens (tertiary/aromatic N) is 1. The summed E-state index contributed by atoms with van der Waals surface area (Å²) in [7, 11) is 0. The zero-order chi connectivity index (χ0) is 19.3. The Morgan fingerprint density at radius 3 is 2.35 bits per heavy atom. The average molecular weight is 445 g/mol. The first kappa shape index (κ1) is 19.8. The molecule has 26 heavy (non-hydrogen) atoms. The Morgan fingerprint density at radius 2 is 1.77 bits per heavy atom. The number of nitriles is 1. The second-order valence-electron chi connectivity index (χ2n) is 4.97. The van der Waals surface area contributed by atoms with Gasteiger partial charge in [0.15, 0.2) is 0 Å². The molecular weight excluding hydrogens is 435 g/mol. The fourth-order valence-corrected chi connectivity index (χ4v) is 2.36. The summed E-state index contributed by atoms with van der Waals surface area (Å²) in [5.41, 5.74) is -0.831. The van der Waals surface area contributed by atoms with Crippen LogP contribution in [0.15, 0.2) is 58.7 Å². The van der Waals surface area contributed by atoms with E-state index in [-0.39, 0.29) is 11.3 Å². The summed E-state index contributed by atoms with van der Waals surface area (Å²) in [5.74, 6) is -0.702. The Kier molecular flexibility index (Phi) is 6.29. The monoisotopic (exact) mass is 443 g/mol. The first-order chi connectivity index (χ1) is 12.2. The van der Waals surface area contributed by atoms with E-state index in [1.54, 1.807) is 30.3 Å². The van der Waals surface area contributed by atoms with Gasteiger partial charge >= 0.3 is 6.18 Å². The van der Waals surface area contributed by atoms with E-state index in [2.05, 4.69) is 26.6 Å². The molecule has 0 heterocycles. The lowest BCUT2D eigenvalue weighted by Crippen LogP contribution is -2.14. The van der Waals surface area contributed by atoms with Gasteiger partial charge < -0.3 is 10.6 Å². The normalized spacial score (nSPS) is 11.6. The number of rotatable bonds is 4. The number of anilines is 2. The van der Waals surface area contributed by atoms with Crippen LogP contribution in [0.1, 0.15) is 5.56 Å². The van der Waals surface area contributed by atoms with Crippen molar-refractivity contribution >= 4 is 44.8 Å². The molecule has 9 heteroatoms. The minimum Gasteiger partial charge on any atom is -0.360 e. The minimum absolute atomic E-state index is 0.0333. The van der Waals surface area contributed by atoms with E-state index in [4.69, 9.17) is 16.9 Å². The van der Waals surface area contributed by atoms with Gasteiger partial charge in [0.25, 0.3) is 5.91 Å². The summed E-state index contributed by atoms with van der Waals surface area (Å²) in [6.07, 6.45) is -3.59.